The van der Waals surface area contributed by atoms with Crippen LogP contribution in [0.15, 0.2) is 0 Å². The molecule has 0 aromatic rings. The van der Waals surface area contributed by atoms with Crippen molar-refractivity contribution >= 4 is 5.78 Å². The zero-order valence-corrected chi connectivity index (χ0v) is 7.26. The Bertz CT molecular complexity index is 161. The second-order valence-electron chi connectivity index (χ2n) is 3.77. The highest BCUT2D eigenvalue weighted by Gasteiger charge is 2.36. The van der Waals surface area contributed by atoms with Crippen LogP contribution < -0.4 is 0 Å². The average molecular weight is 156 g/mol. The summed E-state index contributed by atoms with van der Waals surface area (Å²) in [6.07, 6.45) is 3.77. The summed E-state index contributed by atoms with van der Waals surface area (Å²) in [4.78, 5) is 11.1. The Labute approximate surface area is 67.6 Å². The van der Waals surface area contributed by atoms with E-state index >= 15 is 0 Å². The van der Waals surface area contributed by atoms with Crippen LogP contribution in [0.3, 0.4) is 0 Å². The Morgan fingerprint density at radius 3 is 2.55 bits per heavy atom. The van der Waals surface area contributed by atoms with Gasteiger partial charge in [-0.1, -0.05) is 12.8 Å². The van der Waals surface area contributed by atoms with E-state index in [1.807, 2.05) is 0 Å². The Morgan fingerprint density at radius 1 is 1.55 bits per heavy atom. The summed E-state index contributed by atoms with van der Waals surface area (Å²) in [5.74, 6) is 0.0194. The molecule has 0 heterocycles. The van der Waals surface area contributed by atoms with E-state index in [-0.39, 0.29) is 11.7 Å². The number of hydrogen-bond acceptors (Lipinski definition) is 2. The highest BCUT2D eigenvalue weighted by Crippen LogP contribution is 2.33. The maximum absolute atomic E-state index is 11.1. The third-order valence-corrected chi connectivity index (χ3v) is 2.67. The molecule has 2 nitrogen and oxygen atoms in total. The Morgan fingerprint density at radius 2 is 2.18 bits per heavy atom. The highest BCUT2D eigenvalue weighted by atomic mass is 16.3. The van der Waals surface area contributed by atoms with Crippen molar-refractivity contribution in [2.45, 2.75) is 45.1 Å². The molecular formula is C9H16O2. The molecule has 1 saturated carbocycles. The van der Waals surface area contributed by atoms with Gasteiger partial charge in [0.25, 0.3) is 0 Å². The molecule has 1 rings (SSSR count). The van der Waals surface area contributed by atoms with Gasteiger partial charge >= 0.3 is 0 Å². The van der Waals surface area contributed by atoms with E-state index in [9.17, 15) is 9.90 Å². The van der Waals surface area contributed by atoms with Crippen molar-refractivity contribution in [3.05, 3.63) is 0 Å². The van der Waals surface area contributed by atoms with Crippen LogP contribution in [0.1, 0.15) is 39.5 Å². The van der Waals surface area contributed by atoms with Crippen molar-refractivity contribution in [2.24, 2.45) is 5.92 Å². The van der Waals surface area contributed by atoms with E-state index in [1.54, 1.807) is 13.8 Å². The molecule has 2 heteroatoms. The molecule has 0 bridgehead atoms. The largest absolute Gasteiger partial charge is 0.389 e. The SMILES string of the molecule is CC(=O)[C@H]1CCCC[C@]1(C)O. The second kappa shape index (κ2) is 2.94. The van der Waals surface area contributed by atoms with Gasteiger partial charge in [-0.25, -0.2) is 0 Å². The van der Waals surface area contributed by atoms with E-state index in [0.717, 1.165) is 25.7 Å². The summed E-state index contributed by atoms with van der Waals surface area (Å²) in [5, 5.41) is 9.78. The maximum Gasteiger partial charge on any atom is 0.135 e. The zero-order valence-electron chi connectivity index (χ0n) is 7.26. The number of hydrogen-bond donors (Lipinski definition) is 1. The summed E-state index contributed by atoms with van der Waals surface area (Å²) in [7, 11) is 0. The van der Waals surface area contributed by atoms with Crippen molar-refractivity contribution in [1.29, 1.82) is 0 Å². The van der Waals surface area contributed by atoms with Gasteiger partial charge in [0, 0.05) is 5.92 Å². The van der Waals surface area contributed by atoms with Crippen LogP contribution in [0.25, 0.3) is 0 Å². The molecular weight excluding hydrogens is 140 g/mol. The molecule has 0 amide bonds. The smallest absolute Gasteiger partial charge is 0.135 e. The van der Waals surface area contributed by atoms with E-state index in [4.69, 9.17) is 0 Å². The zero-order chi connectivity index (χ0) is 8.48. The number of carbonyl (C=O) groups is 1. The van der Waals surface area contributed by atoms with Crippen molar-refractivity contribution < 1.29 is 9.90 Å². The molecule has 0 unspecified atom stereocenters. The lowest BCUT2D eigenvalue weighted by Gasteiger charge is -2.35. The third-order valence-electron chi connectivity index (χ3n) is 2.67. The van der Waals surface area contributed by atoms with Crippen molar-refractivity contribution in [3.63, 3.8) is 0 Å². The number of ketones is 1. The topological polar surface area (TPSA) is 37.3 Å². The number of Topliss-reactive ketones (excluding diaryl/α,β-unsaturated/α-hetero) is 1. The van der Waals surface area contributed by atoms with Crippen LogP contribution in [-0.2, 0) is 4.79 Å². The number of rotatable bonds is 1. The summed E-state index contributed by atoms with van der Waals surface area (Å²) in [6, 6.07) is 0. The minimum absolute atomic E-state index is 0.115. The lowest BCUT2D eigenvalue weighted by molar-refractivity contribution is -0.132. The van der Waals surface area contributed by atoms with Crippen molar-refractivity contribution in [2.75, 3.05) is 0 Å². The van der Waals surface area contributed by atoms with Crippen LogP contribution in [0, 0.1) is 5.92 Å². The van der Waals surface area contributed by atoms with Gasteiger partial charge in [0.2, 0.25) is 0 Å². The molecule has 11 heavy (non-hydrogen) atoms. The Balaban J connectivity index is 2.67. The second-order valence-corrected chi connectivity index (χ2v) is 3.77. The number of aliphatic hydroxyl groups is 1. The monoisotopic (exact) mass is 156 g/mol. The number of carbonyl (C=O) groups excluding carboxylic acids is 1. The molecule has 1 fully saturated rings. The molecule has 1 N–H and O–H groups in total. The van der Waals surface area contributed by atoms with Gasteiger partial charge in [-0.2, -0.15) is 0 Å². The molecule has 2 atom stereocenters. The normalized spacial score (nSPS) is 38.6. The van der Waals surface area contributed by atoms with E-state index < -0.39 is 5.60 Å². The molecule has 0 aromatic carbocycles. The van der Waals surface area contributed by atoms with Gasteiger partial charge in [-0.3, -0.25) is 4.79 Å². The molecule has 0 saturated heterocycles. The maximum atomic E-state index is 11.1. The van der Waals surface area contributed by atoms with Crippen LogP contribution in [0.4, 0.5) is 0 Å². The first kappa shape index (κ1) is 8.72. The summed E-state index contributed by atoms with van der Waals surface area (Å²) in [6.45, 7) is 3.35. The van der Waals surface area contributed by atoms with Crippen LogP contribution in [-0.4, -0.2) is 16.5 Å². The first-order valence-corrected chi connectivity index (χ1v) is 4.27. The minimum Gasteiger partial charge on any atom is -0.389 e. The average Bonchev–Trinajstić information content (AvgIpc) is 1.85. The van der Waals surface area contributed by atoms with Crippen LogP contribution in [0.5, 0.6) is 0 Å². The highest BCUT2D eigenvalue weighted by molar-refractivity contribution is 5.79. The fourth-order valence-electron chi connectivity index (χ4n) is 1.96. The molecule has 1 aliphatic carbocycles. The standard InChI is InChI=1S/C9H16O2/c1-7(10)8-5-3-4-6-9(8,2)11/h8,11H,3-6H2,1-2H3/t8-,9+/m1/s1. The van der Waals surface area contributed by atoms with Crippen LogP contribution in [0.2, 0.25) is 0 Å². The Hall–Kier alpha value is -0.370. The first-order valence-electron chi connectivity index (χ1n) is 4.27. The quantitative estimate of drug-likeness (QED) is 0.625. The van der Waals surface area contributed by atoms with Crippen molar-refractivity contribution in [3.8, 4) is 0 Å². The van der Waals surface area contributed by atoms with E-state index in [0.29, 0.717) is 0 Å². The lowest BCUT2D eigenvalue weighted by Crippen LogP contribution is -2.41. The van der Waals surface area contributed by atoms with Crippen molar-refractivity contribution in [1.82, 2.24) is 0 Å². The summed E-state index contributed by atoms with van der Waals surface area (Å²) in [5.41, 5.74) is -0.732. The first-order chi connectivity index (χ1) is 5.04. The predicted octanol–water partition coefficient (Wildman–Crippen LogP) is 1.52. The van der Waals surface area contributed by atoms with Crippen LogP contribution >= 0.6 is 0 Å². The minimum atomic E-state index is -0.732. The Kier molecular flexibility index (Phi) is 2.33. The van der Waals surface area contributed by atoms with Gasteiger partial charge in [-0.15, -0.1) is 0 Å². The van der Waals surface area contributed by atoms with Gasteiger partial charge in [0.15, 0.2) is 0 Å². The van der Waals surface area contributed by atoms with E-state index in [1.165, 1.54) is 0 Å². The van der Waals surface area contributed by atoms with Gasteiger partial charge in [-0.05, 0) is 26.7 Å². The fourth-order valence-corrected chi connectivity index (χ4v) is 1.96. The molecule has 0 spiro atoms. The third kappa shape index (κ3) is 1.80. The fraction of sp³-hybridized carbons (Fsp3) is 0.889. The summed E-state index contributed by atoms with van der Waals surface area (Å²) < 4.78 is 0. The predicted molar refractivity (Wildman–Crippen MR) is 43.3 cm³/mol. The molecule has 64 valence electrons. The summed E-state index contributed by atoms with van der Waals surface area (Å²) >= 11 is 0. The van der Waals surface area contributed by atoms with E-state index in [2.05, 4.69) is 0 Å². The lowest BCUT2D eigenvalue weighted by atomic mass is 9.75. The molecule has 0 radical (unpaired) electrons. The van der Waals surface area contributed by atoms with Gasteiger partial charge in [0.05, 0.1) is 5.60 Å². The van der Waals surface area contributed by atoms with Gasteiger partial charge < -0.3 is 5.11 Å². The molecule has 0 aromatic heterocycles. The van der Waals surface area contributed by atoms with Gasteiger partial charge in [0.1, 0.15) is 5.78 Å². The molecule has 0 aliphatic heterocycles. The molecule has 1 aliphatic rings.